The van der Waals surface area contributed by atoms with Crippen LogP contribution in [0.25, 0.3) is 0 Å². The van der Waals surface area contributed by atoms with Crippen LogP contribution in [-0.4, -0.2) is 18.5 Å². The van der Waals surface area contributed by atoms with E-state index in [2.05, 4.69) is 19.1 Å². The molecule has 0 unspecified atom stereocenters. The molecule has 1 aliphatic rings. The Labute approximate surface area is 120 Å². The van der Waals surface area contributed by atoms with Crippen molar-refractivity contribution >= 4 is 17.1 Å². The standard InChI is InChI=1S/C16H24O2S/c1-3-13-8-9-14(19-13)12-15(17)16(18-2)10-6-4-5-7-11-16/h8-9H,3-7,10-12H2,1-2H3. The van der Waals surface area contributed by atoms with Crippen LogP contribution in [-0.2, 0) is 22.4 Å². The van der Waals surface area contributed by atoms with Gasteiger partial charge in [-0.2, -0.15) is 0 Å². The molecular formula is C16H24O2S. The molecule has 2 nitrogen and oxygen atoms in total. The van der Waals surface area contributed by atoms with Crippen LogP contribution in [0.1, 0.15) is 55.2 Å². The smallest absolute Gasteiger partial charge is 0.169 e. The minimum absolute atomic E-state index is 0.279. The minimum Gasteiger partial charge on any atom is -0.370 e. The summed E-state index contributed by atoms with van der Waals surface area (Å²) in [7, 11) is 1.70. The van der Waals surface area contributed by atoms with Crippen LogP contribution in [0.2, 0.25) is 0 Å². The third-order valence-corrected chi connectivity index (χ3v) is 5.44. The summed E-state index contributed by atoms with van der Waals surface area (Å²) in [5.41, 5.74) is -0.507. The first-order valence-electron chi connectivity index (χ1n) is 7.36. The molecule has 0 radical (unpaired) electrons. The van der Waals surface area contributed by atoms with Gasteiger partial charge >= 0.3 is 0 Å². The Balaban J connectivity index is 2.07. The highest BCUT2D eigenvalue weighted by molar-refractivity contribution is 7.12. The minimum atomic E-state index is -0.507. The van der Waals surface area contributed by atoms with E-state index in [1.807, 2.05) is 0 Å². The highest BCUT2D eigenvalue weighted by atomic mass is 32.1. The number of hydrogen-bond donors (Lipinski definition) is 0. The Morgan fingerprint density at radius 3 is 2.37 bits per heavy atom. The topological polar surface area (TPSA) is 26.3 Å². The second kappa shape index (κ2) is 6.67. The molecule has 19 heavy (non-hydrogen) atoms. The second-order valence-electron chi connectivity index (χ2n) is 5.43. The summed E-state index contributed by atoms with van der Waals surface area (Å²) in [6.07, 6.45) is 8.08. The van der Waals surface area contributed by atoms with Gasteiger partial charge < -0.3 is 4.74 Å². The summed E-state index contributed by atoms with van der Waals surface area (Å²) in [6.45, 7) is 2.15. The Kier molecular flexibility index (Phi) is 5.17. The first-order valence-corrected chi connectivity index (χ1v) is 8.18. The van der Waals surface area contributed by atoms with Crippen LogP contribution in [0.15, 0.2) is 12.1 Å². The van der Waals surface area contributed by atoms with E-state index in [0.29, 0.717) is 6.42 Å². The van der Waals surface area contributed by atoms with Crippen LogP contribution in [0.4, 0.5) is 0 Å². The van der Waals surface area contributed by atoms with Crippen molar-refractivity contribution in [2.24, 2.45) is 0 Å². The maximum atomic E-state index is 12.7. The third kappa shape index (κ3) is 3.46. The molecule has 3 heteroatoms. The second-order valence-corrected chi connectivity index (χ2v) is 6.69. The molecule has 106 valence electrons. The van der Waals surface area contributed by atoms with Gasteiger partial charge in [0.2, 0.25) is 0 Å². The molecule has 1 saturated carbocycles. The van der Waals surface area contributed by atoms with E-state index >= 15 is 0 Å². The first-order chi connectivity index (χ1) is 9.20. The van der Waals surface area contributed by atoms with Crippen LogP contribution in [0.3, 0.4) is 0 Å². The van der Waals surface area contributed by atoms with Crippen molar-refractivity contribution in [3.05, 3.63) is 21.9 Å². The van der Waals surface area contributed by atoms with Gasteiger partial charge in [-0.1, -0.05) is 32.6 Å². The van der Waals surface area contributed by atoms with Crippen molar-refractivity contribution in [3.8, 4) is 0 Å². The molecule has 1 aromatic heterocycles. The fraction of sp³-hybridized carbons (Fsp3) is 0.688. The van der Waals surface area contributed by atoms with Gasteiger partial charge in [0.05, 0.1) is 0 Å². The molecule has 2 rings (SSSR count). The predicted molar refractivity (Wildman–Crippen MR) is 79.9 cm³/mol. The Morgan fingerprint density at radius 1 is 1.21 bits per heavy atom. The van der Waals surface area contributed by atoms with Gasteiger partial charge in [-0.15, -0.1) is 11.3 Å². The van der Waals surface area contributed by atoms with Gasteiger partial charge in [0.1, 0.15) is 5.60 Å². The number of aryl methyl sites for hydroxylation is 1. The molecule has 0 saturated heterocycles. The number of carbonyl (C=O) groups is 1. The number of Topliss-reactive ketones (excluding diaryl/α,β-unsaturated/α-hetero) is 1. The lowest BCUT2D eigenvalue weighted by Gasteiger charge is -2.29. The van der Waals surface area contributed by atoms with E-state index in [1.165, 1.54) is 22.6 Å². The number of thiophene rings is 1. The van der Waals surface area contributed by atoms with E-state index in [9.17, 15) is 4.79 Å². The molecule has 1 fully saturated rings. The van der Waals surface area contributed by atoms with Crippen LogP contribution in [0.5, 0.6) is 0 Å². The van der Waals surface area contributed by atoms with E-state index < -0.39 is 5.60 Å². The van der Waals surface area contributed by atoms with Gasteiger partial charge in [-0.05, 0) is 31.4 Å². The number of carbonyl (C=O) groups excluding carboxylic acids is 1. The van der Waals surface area contributed by atoms with Gasteiger partial charge in [-0.3, -0.25) is 4.79 Å². The molecule has 0 N–H and O–H groups in total. The van der Waals surface area contributed by atoms with Gasteiger partial charge in [-0.25, -0.2) is 0 Å². The number of rotatable bonds is 5. The Hall–Kier alpha value is -0.670. The van der Waals surface area contributed by atoms with Crippen LogP contribution < -0.4 is 0 Å². The van der Waals surface area contributed by atoms with Crippen molar-refractivity contribution in [2.45, 2.75) is 63.9 Å². The van der Waals surface area contributed by atoms with E-state index in [4.69, 9.17) is 4.74 Å². The first kappa shape index (κ1) is 14.7. The normalized spacial score (nSPS) is 19.1. The molecular weight excluding hydrogens is 256 g/mol. The van der Waals surface area contributed by atoms with Gasteiger partial charge in [0, 0.05) is 23.3 Å². The van der Waals surface area contributed by atoms with E-state index in [0.717, 1.165) is 32.1 Å². The summed E-state index contributed by atoms with van der Waals surface area (Å²) in [6, 6.07) is 4.24. The zero-order chi connectivity index (χ0) is 13.7. The molecule has 0 aliphatic heterocycles. The summed E-state index contributed by atoms with van der Waals surface area (Å²) >= 11 is 1.76. The molecule has 0 aromatic carbocycles. The van der Waals surface area contributed by atoms with Crippen molar-refractivity contribution in [1.29, 1.82) is 0 Å². The van der Waals surface area contributed by atoms with Crippen LogP contribution in [0, 0.1) is 0 Å². The SMILES string of the molecule is CCc1ccc(CC(=O)C2(OC)CCCCCC2)s1. The number of ether oxygens (including phenoxy) is 1. The summed E-state index contributed by atoms with van der Waals surface area (Å²) in [5.74, 6) is 0.279. The molecule has 0 bridgehead atoms. The van der Waals surface area contributed by atoms with Gasteiger partial charge in [0.15, 0.2) is 5.78 Å². The van der Waals surface area contributed by atoms with E-state index in [-0.39, 0.29) is 5.78 Å². The highest BCUT2D eigenvalue weighted by Crippen LogP contribution is 2.32. The lowest BCUT2D eigenvalue weighted by atomic mass is 9.87. The van der Waals surface area contributed by atoms with Crippen molar-refractivity contribution < 1.29 is 9.53 Å². The monoisotopic (exact) mass is 280 g/mol. The fourth-order valence-electron chi connectivity index (χ4n) is 2.92. The van der Waals surface area contributed by atoms with Gasteiger partial charge in [0.25, 0.3) is 0 Å². The van der Waals surface area contributed by atoms with E-state index in [1.54, 1.807) is 18.4 Å². The largest absolute Gasteiger partial charge is 0.370 e. The summed E-state index contributed by atoms with van der Waals surface area (Å²) in [5, 5.41) is 0. The zero-order valence-corrected chi connectivity index (χ0v) is 12.9. The van der Waals surface area contributed by atoms with Crippen molar-refractivity contribution in [1.82, 2.24) is 0 Å². The predicted octanol–water partition coefficient (Wildman–Crippen LogP) is 4.16. The third-order valence-electron chi connectivity index (χ3n) is 4.21. The number of hydrogen-bond acceptors (Lipinski definition) is 3. The highest BCUT2D eigenvalue weighted by Gasteiger charge is 2.38. The number of methoxy groups -OCH3 is 1. The maximum Gasteiger partial charge on any atom is 0.169 e. The fourth-order valence-corrected chi connectivity index (χ4v) is 3.88. The Morgan fingerprint density at radius 2 is 1.84 bits per heavy atom. The quantitative estimate of drug-likeness (QED) is 0.757. The van der Waals surface area contributed by atoms with Crippen LogP contribution >= 0.6 is 11.3 Å². The Bertz CT molecular complexity index is 414. The van der Waals surface area contributed by atoms with Crippen molar-refractivity contribution in [3.63, 3.8) is 0 Å². The average molecular weight is 280 g/mol. The molecule has 0 atom stereocenters. The lowest BCUT2D eigenvalue weighted by molar-refractivity contribution is -0.142. The lowest BCUT2D eigenvalue weighted by Crippen LogP contribution is -2.41. The number of ketones is 1. The summed E-state index contributed by atoms with van der Waals surface area (Å²) < 4.78 is 5.68. The van der Waals surface area contributed by atoms with Crippen molar-refractivity contribution in [2.75, 3.05) is 7.11 Å². The molecule has 1 aliphatic carbocycles. The molecule has 0 spiro atoms. The molecule has 1 aromatic rings. The summed E-state index contributed by atoms with van der Waals surface area (Å²) in [4.78, 5) is 15.2. The maximum absolute atomic E-state index is 12.7. The molecule has 0 amide bonds. The zero-order valence-electron chi connectivity index (χ0n) is 12.0. The average Bonchev–Trinajstić information content (AvgIpc) is 2.74. The molecule has 1 heterocycles.